The summed E-state index contributed by atoms with van der Waals surface area (Å²) in [5.41, 5.74) is 5.96. The minimum atomic E-state index is 0.177. The van der Waals surface area contributed by atoms with Gasteiger partial charge in [0.15, 0.2) is 5.96 Å². The van der Waals surface area contributed by atoms with Gasteiger partial charge in [0, 0.05) is 7.05 Å². The Balaban J connectivity index is 2.21. The lowest BCUT2D eigenvalue weighted by atomic mass is 9.93. The fourth-order valence-corrected chi connectivity index (χ4v) is 2.10. The third-order valence-electron chi connectivity index (χ3n) is 3.55. The standard InChI is InChI=1S/C12H25N3/c1-4-5-6-7-8-9-12(2)10-14-11(13)15(12)3/h4-10H2,1-3H3,(H2,13,14). The van der Waals surface area contributed by atoms with E-state index >= 15 is 0 Å². The first-order chi connectivity index (χ1) is 7.10. The van der Waals surface area contributed by atoms with Gasteiger partial charge in [0.25, 0.3) is 0 Å². The Hall–Kier alpha value is -0.730. The first-order valence-electron chi connectivity index (χ1n) is 6.14. The molecule has 2 N–H and O–H groups in total. The maximum atomic E-state index is 5.78. The number of nitrogens with zero attached hydrogens (tertiary/aromatic N) is 2. The van der Waals surface area contributed by atoms with Crippen molar-refractivity contribution in [2.45, 2.75) is 57.9 Å². The van der Waals surface area contributed by atoms with Crippen LogP contribution in [0.2, 0.25) is 0 Å². The molecule has 0 aromatic carbocycles. The number of unbranched alkanes of at least 4 members (excludes halogenated alkanes) is 4. The van der Waals surface area contributed by atoms with E-state index in [1.807, 2.05) is 0 Å². The van der Waals surface area contributed by atoms with Crippen LogP contribution in [0.4, 0.5) is 0 Å². The molecule has 0 aromatic heterocycles. The van der Waals surface area contributed by atoms with Gasteiger partial charge in [-0.2, -0.15) is 0 Å². The van der Waals surface area contributed by atoms with Crippen LogP contribution in [0.5, 0.6) is 0 Å². The van der Waals surface area contributed by atoms with Crippen molar-refractivity contribution in [2.24, 2.45) is 10.7 Å². The molecule has 1 rings (SSSR count). The molecule has 1 aliphatic rings. The van der Waals surface area contributed by atoms with E-state index in [2.05, 4.69) is 30.8 Å². The predicted octanol–water partition coefficient (Wildman–Crippen LogP) is 2.37. The van der Waals surface area contributed by atoms with Crippen LogP contribution < -0.4 is 5.73 Å². The molecule has 3 heteroatoms. The molecule has 1 aliphatic heterocycles. The molecule has 15 heavy (non-hydrogen) atoms. The molecule has 0 aliphatic carbocycles. The van der Waals surface area contributed by atoms with E-state index in [1.54, 1.807) is 0 Å². The molecule has 3 nitrogen and oxygen atoms in total. The summed E-state index contributed by atoms with van der Waals surface area (Å²) >= 11 is 0. The topological polar surface area (TPSA) is 41.6 Å². The molecule has 88 valence electrons. The largest absolute Gasteiger partial charge is 0.370 e. The molecular formula is C12H25N3. The van der Waals surface area contributed by atoms with Crippen LogP contribution in [0.3, 0.4) is 0 Å². The van der Waals surface area contributed by atoms with E-state index in [9.17, 15) is 0 Å². The Morgan fingerprint density at radius 3 is 2.53 bits per heavy atom. The van der Waals surface area contributed by atoms with Gasteiger partial charge in [-0.25, -0.2) is 0 Å². The number of nitrogens with two attached hydrogens (primary N) is 1. The molecule has 0 saturated carbocycles. The van der Waals surface area contributed by atoms with Gasteiger partial charge >= 0.3 is 0 Å². The normalized spacial score (nSPS) is 25.8. The van der Waals surface area contributed by atoms with E-state index < -0.39 is 0 Å². The van der Waals surface area contributed by atoms with Crippen LogP contribution in [-0.4, -0.2) is 30.0 Å². The van der Waals surface area contributed by atoms with Crippen LogP contribution >= 0.6 is 0 Å². The Bertz CT molecular complexity index is 225. The summed E-state index contributed by atoms with van der Waals surface area (Å²) in [5.74, 6) is 0.700. The Morgan fingerprint density at radius 2 is 2.00 bits per heavy atom. The molecule has 0 saturated heterocycles. The van der Waals surface area contributed by atoms with Crippen molar-refractivity contribution in [3.05, 3.63) is 0 Å². The third-order valence-corrected chi connectivity index (χ3v) is 3.55. The maximum absolute atomic E-state index is 5.78. The van der Waals surface area contributed by atoms with Gasteiger partial charge < -0.3 is 10.6 Å². The lowest BCUT2D eigenvalue weighted by Crippen LogP contribution is -2.46. The highest BCUT2D eigenvalue weighted by atomic mass is 15.3. The van der Waals surface area contributed by atoms with Crippen LogP contribution in [-0.2, 0) is 0 Å². The summed E-state index contributed by atoms with van der Waals surface area (Å²) in [5, 5.41) is 0. The van der Waals surface area contributed by atoms with E-state index in [0.29, 0.717) is 5.96 Å². The maximum Gasteiger partial charge on any atom is 0.191 e. The molecule has 0 radical (unpaired) electrons. The molecule has 0 amide bonds. The fraction of sp³-hybridized carbons (Fsp3) is 0.917. The predicted molar refractivity (Wildman–Crippen MR) is 66.0 cm³/mol. The highest BCUT2D eigenvalue weighted by Gasteiger charge is 2.34. The number of hydrogen-bond acceptors (Lipinski definition) is 3. The molecular weight excluding hydrogens is 186 g/mol. The average molecular weight is 211 g/mol. The number of guanidine groups is 1. The van der Waals surface area contributed by atoms with Crippen molar-refractivity contribution in [1.29, 1.82) is 0 Å². The first-order valence-corrected chi connectivity index (χ1v) is 6.14. The van der Waals surface area contributed by atoms with Crippen molar-refractivity contribution < 1.29 is 0 Å². The summed E-state index contributed by atoms with van der Waals surface area (Å²) in [7, 11) is 2.05. The van der Waals surface area contributed by atoms with Crippen LogP contribution in [0.25, 0.3) is 0 Å². The van der Waals surface area contributed by atoms with Gasteiger partial charge in [-0.05, 0) is 13.3 Å². The average Bonchev–Trinajstić information content (AvgIpc) is 2.47. The summed E-state index contributed by atoms with van der Waals surface area (Å²) in [6.07, 6.45) is 7.89. The molecule has 0 spiro atoms. The second-order valence-electron chi connectivity index (χ2n) is 4.89. The lowest BCUT2D eigenvalue weighted by molar-refractivity contribution is 0.236. The van der Waals surface area contributed by atoms with E-state index in [-0.39, 0.29) is 5.54 Å². The van der Waals surface area contributed by atoms with Gasteiger partial charge in [0.1, 0.15) is 0 Å². The zero-order valence-electron chi connectivity index (χ0n) is 10.4. The van der Waals surface area contributed by atoms with Crippen LogP contribution in [0.1, 0.15) is 52.4 Å². The second-order valence-corrected chi connectivity index (χ2v) is 4.89. The summed E-state index contributed by atoms with van der Waals surface area (Å²) in [6.45, 7) is 5.37. The zero-order chi connectivity index (χ0) is 11.3. The zero-order valence-corrected chi connectivity index (χ0v) is 10.4. The number of rotatable bonds is 6. The molecule has 1 heterocycles. The SMILES string of the molecule is CCCCCCCC1(C)CN=C(N)N1C. The molecule has 0 bridgehead atoms. The van der Waals surface area contributed by atoms with E-state index in [1.165, 1.54) is 38.5 Å². The van der Waals surface area contributed by atoms with Gasteiger partial charge in [-0.1, -0.05) is 39.0 Å². The fourth-order valence-electron chi connectivity index (χ4n) is 2.10. The van der Waals surface area contributed by atoms with Gasteiger partial charge in [-0.3, -0.25) is 4.99 Å². The van der Waals surface area contributed by atoms with E-state index in [0.717, 1.165) is 6.54 Å². The van der Waals surface area contributed by atoms with Crippen LogP contribution in [0, 0.1) is 0 Å². The van der Waals surface area contributed by atoms with Gasteiger partial charge in [-0.15, -0.1) is 0 Å². The first kappa shape index (κ1) is 12.3. The highest BCUT2D eigenvalue weighted by molar-refractivity contribution is 5.80. The van der Waals surface area contributed by atoms with Gasteiger partial charge in [0.05, 0.1) is 12.1 Å². The summed E-state index contributed by atoms with van der Waals surface area (Å²) < 4.78 is 0. The lowest BCUT2D eigenvalue weighted by Gasteiger charge is -2.33. The number of likely N-dealkylation sites (N-methyl/N-ethyl adjacent to an activating group) is 1. The summed E-state index contributed by atoms with van der Waals surface area (Å²) in [6, 6.07) is 0. The quantitative estimate of drug-likeness (QED) is 0.685. The molecule has 0 fully saturated rings. The molecule has 0 aromatic rings. The van der Waals surface area contributed by atoms with Crippen molar-refractivity contribution >= 4 is 5.96 Å². The Kier molecular flexibility index (Phi) is 4.43. The third kappa shape index (κ3) is 3.11. The van der Waals surface area contributed by atoms with Crippen molar-refractivity contribution in [3.8, 4) is 0 Å². The molecule has 1 atom stereocenters. The monoisotopic (exact) mass is 211 g/mol. The van der Waals surface area contributed by atoms with Crippen molar-refractivity contribution in [2.75, 3.05) is 13.6 Å². The minimum absolute atomic E-state index is 0.177. The van der Waals surface area contributed by atoms with Gasteiger partial charge in [0.2, 0.25) is 0 Å². The number of aliphatic imine (C=N–C) groups is 1. The van der Waals surface area contributed by atoms with Crippen molar-refractivity contribution in [1.82, 2.24) is 4.90 Å². The Morgan fingerprint density at radius 1 is 1.33 bits per heavy atom. The molecule has 1 unspecified atom stereocenters. The number of hydrogen-bond donors (Lipinski definition) is 1. The van der Waals surface area contributed by atoms with E-state index in [4.69, 9.17) is 5.73 Å². The van der Waals surface area contributed by atoms with Crippen molar-refractivity contribution in [3.63, 3.8) is 0 Å². The second kappa shape index (κ2) is 5.38. The summed E-state index contributed by atoms with van der Waals surface area (Å²) in [4.78, 5) is 6.44. The highest BCUT2D eigenvalue weighted by Crippen LogP contribution is 2.25. The Labute approximate surface area is 93.7 Å². The van der Waals surface area contributed by atoms with Crippen LogP contribution in [0.15, 0.2) is 4.99 Å². The minimum Gasteiger partial charge on any atom is -0.370 e. The smallest absolute Gasteiger partial charge is 0.191 e.